The van der Waals surface area contributed by atoms with Gasteiger partial charge in [0.25, 0.3) is 0 Å². The monoisotopic (exact) mass is 278 g/mol. The first-order chi connectivity index (χ1) is 9.58. The zero-order valence-electron chi connectivity index (χ0n) is 12.5. The summed E-state index contributed by atoms with van der Waals surface area (Å²) in [6.07, 6.45) is 9.26. The van der Waals surface area contributed by atoms with Crippen LogP contribution in [0.15, 0.2) is 12.2 Å². The van der Waals surface area contributed by atoms with Crippen molar-refractivity contribution < 1.29 is 14.3 Å². The van der Waals surface area contributed by atoms with Crippen molar-refractivity contribution in [1.29, 1.82) is 0 Å². The van der Waals surface area contributed by atoms with Gasteiger partial charge in [0.1, 0.15) is 11.9 Å². The van der Waals surface area contributed by atoms with Crippen LogP contribution in [0.25, 0.3) is 0 Å². The Morgan fingerprint density at radius 1 is 0.900 bits per heavy atom. The molecule has 2 fully saturated rings. The molecule has 0 amide bonds. The lowest BCUT2D eigenvalue weighted by Gasteiger charge is -2.31. The molecule has 2 aliphatic rings. The molecular weight excluding hydrogens is 252 g/mol. The van der Waals surface area contributed by atoms with Crippen LogP contribution in [-0.2, 0) is 14.3 Å². The number of hydrogen-bond donors (Lipinski definition) is 0. The Morgan fingerprint density at radius 3 is 2.00 bits per heavy atom. The van der Waals surface area contributed by atoms with E-state index >= 15 is 0 Å². The summed E-state index contributed by atoms with van der Waals surface area (Å²) < 4.78 is 5.38. The standard InChI is InChI=1S/C17H26O3/c1-12(2)17(19)20-15-10-8-14(9-11-15)16(18)13-6-4-3-5-7-13/h13-15H,1,3-11H2,2H3. The van der Waals surface area contributed by atoms with Gasteiger partial charge >= 0.3 is 5.97 Å². The highest BCUT2D eigenvalue weighted by Gasteiger charge is 2.32. The van der Waals surface area contributed by atoms with Crippen LogP contribution < -0.4 is 0 Å². The maximum atomic E-state index is 12.5. The summed E-state index contributed by atoms with van der Waals surface area (Å²) in [4.78, 5) is 24.0. The number of carbonyl (C=O) groups excluding carboxylic acids is 2. The fraction of sp³-hybridized carbons (Fsp3) is 0.765. The second-order valence-corrected chi connectivity index (χ2v) is 6.40. The summed E-state index contributed by atoms with van der Waals surface area (Å²) in [7, 11) is 0. The molecule has 112 valence electrons. The molecule has 0 aromatic carbocycles. The van der Waals surface area contributed by atoms with Crippen molar-refractivity contribution >= 4 is 11.8 Å². The highest BCUT2D eigenvalue weighted by Crippen LogP contribution is 2.33. The Hall–Kier alpha value is -1.12. The summed E-state index contributed by atoms with van der Waals surface area (Å²) >= 11 is 0. The zero-order valence-corrected chi connectivity index (χ0v) is 12.5. The van der Waals surface area contributed by atoms with Crippen molar-refractivity contribution in [3.8, 4) is 0 Å². The predicted molar refractivity (Wildman–Crippen MR) is 78.2 cm³/mol. The molecule has 0 bridgehead atoms. The molecule has 3 nitrogen and oxygen atoms in total. The van der Waals surface area contributed by atoms with Gasteiger partial charge in [0.05, 0.1) is 0 Å². The topological polar surface area (TPSA) is 43.4 Å². The minimum Gasteiger partial charge on any atom is -0.459 e. The molecule has 0 heterocycles. The highest BCUT2D eigenvalue weighted by atomic mass is 16.5. The van der Waals surface area contributed by atoms with E-state index in [0.29, 0.717) is 17.3 Å². The van der Waals surface area contributed by atoms with Crippen LogP contribution in [0, 0.1) is 11.8 Å². The van der Waals surface area contributed by atoms with E-state index in [2.05, 4.69) is 6.58 Å². The predicted octanol–water partition coefficient (Wildman–Crippen LogP) is 3.81. The molecule has 0 aromatic heterocycles. The van der Waals surface area contributed by atoms with E-state index < -0.39 is 0 Å². The molecule has 3 heteroatoms. The maximum Gasteiger partial charge on any atom is 0.333 e. The Labute approximate surface area is 121 Å². The maximum absolute atomic E-state index is 12.5. The first-order valence-corrected chi connectivity index (χ1v) is 7.98. The first-order valence-electron chi connectivity index (χ1n) is 7.98. The van der Waals surface area contributed by atoms with Gasteiger partial charge in [-0.2, -0.15) is 0 Å². The Morgan fingerprint density at radius 2 is 1.45 bits per heavy atom. The van der Waals surface area contributed by atoms with Crippen molar-refractivity contribution in [3.63, 3.8) is 0 Å². The Bertz CT molecular complexity index is 372. The lowest BCUT2D eigenvalue weighted by Crippen LogP contribution is -2.32. The van der Waals surface area contributed by atoms with Crippen LogP contribution in [0.2, 0.25) is 0 Å². The van der Waals surface area contributed by atoms with Crippen molar-refractivity contribution in [2.24, 2.45) is 11.8 Å². The van der Waals surface area contributed by atoms with Crippen molar-refractivity contribution in [2.45, 2.75) is 70.8 Å². The van der Waals surface area contributed by atoms with Gasteiger partial charge in [-0.15, -0.1) is 0 Å². The third kappa shape index (κ3) is 3.94. The molecular formula is C17H26O3. The van der Waals surface area contributed by atoms with E-state index in [1.165, 1.54) is 19.3 Å². The van der Waals surface area contributed by atoms with Gasteiger partial charge in [0.15, 0.2) is 0 Å². The molecule has 0 N–H and O–H groups in total. The van der Waals surface area contributed by atoms with Crippen LogP contribution in [-0.4, -0.2) is 17.9 Å². The van der Waals surface area contributed by atoms with Gasteiger partial charge in [0.2, 0.25) is 0 Å². The number of Topliss-reactive ketones (excluding diaryl/α,β-unsaturated/α-hetero) is 1. The third-order valence-electron chi connectivity index (χ3n) is 4.71. The molecule has 0 aliphatic heterocycles. The smallest absolute Gasteiger partial charge is 0.333 e. The molecule has 0 atom stereocenters. The third-order valence-corrected chi connectivity index (χ3v) is 4.71. The number of esters is 1. The number of carbonyl (C=O) groups is 2. The first kappa shape index (κ1) is 15.3. The van der Waals surface area contributed by atoms with Crippen LogP contribution >= 0.6 is 0 Å². The van der Waals surface area contributed by atoms with E-state index in [1.54, 1.807) is 6.92 Å². The lowest BCUT2D eigenvalue weighted by molar-refractivity contribution is -0.146. The van der Waals surface area contributed by atoms with E-state index in [1.807, 2.05) is 0 Å². The van der Waals surface area contributed by atoms with Crippen molar-refractivity contribution in [1.82, 2.24) is 0 Å². The van der Waals surface area contributed by atoms with E-state index in [9.17, 15) is 9.59 Å². The molecule has 0 unspecified atom stereocenters. The molecule has 0 radical (unpaired) electrons. The van der Waals surface area contributed by atoms with Gasteiger partial charge in [-0.3, -0.25) is 4.79 Å². The van der Waals surface area contributed by atoms with Crippen LogP contribution in [0.1, 0.15) is 64.7 Å². The van der Waals surface area contributed by atoms with E-state index in [4.69, 9.17) is 4.74 Å². The normalized spacial score (nSPS) is 27.9. The van der Waals surface area contributed by atoms with Gasteiger partial charge in [0, 0.05) is 17.4 Å². The highest BCUT2D eigenvalue weighted by molar-refractivity contribution is 5.87. The molecule has 0 aromatic rings. The van der Waals surface area contributed by atoms with Crippen molar-refractivity contribution in [2.75, 3.05) is 0 Å². The number of hydrogen-bond acceptors (Lipinski definition) is 3. The summed E-state index contributed by atoms with van der Waals surface area (Å²) in [5.41, 5.74) is 0.449. The summed E-state index contributed by atoms with van der Waals surface area (Å²) in [5.74, 6) is 0.697. The number of ketones is 1. The molecule has 0 saturated heterocycles. The van der Waals surface area contributed by atoms with Gasteiger partial charge < -0.3 is 4.74 Å². The summed E-state index contributed by atoms with van der Waals surface area (Å²) in [5, 5.41) is 0. The zero-order chi connectivity index (χ0) is 14.5. The van der Waals surface area contributed by atoms with Gasteiger partial charge in [-0.05, 0) is 45.4 Å². The molecule has 20 heavy (non-hydrogen) atoms. The molecule has 0 spiro atoms. The largest absolute Gasteiger partial charge is 0.459 e. The van der Waals surface area contributed by atoms with E-state index in [0.717, 1.165) is 38.5 Å². The Balaban J connectivity index is 1.77. The van der Waals surface area contributed by atoms with Crippen LogP contribution in [0.5, 0.6) is 0 Å². The lowest BCUT2D eigenvalue weighted by atomic mass is 9.76. The molecule has 2 saturated carbocycles. The van der Waals surface area contributed by atoms with Crippen LogP contribution in [0.4, 0.5) is 0 Å². The fourth-order valence-electron chi connectivity index (χ4n) is 3.44. The van der Waals surface area contributed by atoms with Gasteiger partial charge in [-0.25, -0.2) is 4.79 Å². The fourth-order valence-corrected chi connectivity index (χ4v) is 3.44. The number of rotatable bonds is 4. The molecule has 2 rings (SSSR count). The van der Waals surface area contributed by atoms with Crippen LogP contribution in [0.3, 0.4) is 0 Å². The second-order valence-electron chi connectivity index (χ2n) is 6.40. The average Bonchev–Trinajstić information content (AvgIpc) is 2.48. The second kappa shape index (κ2) is 7.05. The number of ether oxygens (including phenoxy) is 1. The minimum atomic E-state index is -0.299. The molecule has 2 aliphatic carbocycles. The quantitative estimate of drug-likeness (QED) is 0.580. The van der Waals surface area contributed by atoms with E-state index in [-0.39, 0.29) is 18.0 Å². The summed E-state index contributed by atoms with van der Waals surface area (Å²) in [6, 6.07) is 0. The average molecular weight is 278 g/mol. The minimum absolute atomic E-state index is 0.0189. The summed E-state index contributed by atoms with van der Waals surface area (Å²) in [6.45, 7) is 5.26. The Kier molecular flexibility index (Phi) is 5.38. The van der Waals surface area contributed by atoms with Crippen molar-refractivity contribution in [3.05, 3.63) is 12.2 Å². The van der Waals surface area contributed by atoms with Gasteiger partial charge in [-0.1, -0.05) is 25.8 Å². The SMILES string of the molecule is C=C(C)C(=O)OC1CCC(C(=O)C2CCCCC2)CC1.